The summed E-state index contributed by atoms with van der Waals surface area (Å²) in [4.78, 5) is 14.7. The van der Waals surface area contributed by atoms with E-state index in [9.17, 15) is 4.79 Å². The molecular formula is C16H22ClN3O. The molecule has 5 heteroatoms. The van der Waals surface area contributed by atoms with Crippen molar-refractivity contribution < 1.29 is 4.79 Å². The smallest absolute Gasteiger partial charge is 0.251 e. The monoisotopic (exact) mass is 307 g/mol. The Morgan fingerprint density at radius 3 is 2.67 bits per heavy atom. The topological polar surface area (TPSA) is 58.4 Å². The molecule has 2 saturated heterocycles. The Labute approximate surface area is 130 Å². The van der Waals surface area contributed by atoms with E-state index in [1.807, 2.05) is 0 Å². The van der Waals surface area contributed by atoms with Crippen molar-refractivity contribution in [1.82, 2.24) is 10.2 Å². The van der Waals surface area contributed by atoms with E-state index >= 15 is 0 Å². The van der Waals surface area contributed by atoms with E-state index in [0.717, 1.165) is 6.54 Å². The molecule has 2 heterocycles. The number of nitrogen functional groups attached to an aromatic ring is 1. The van der Waals surface area contributed by atoms with Crippen molar-refractivity contribution in [2.24, 2.45) is 5.92 Å². The maximum Gasteiger partial charge on any atom is 0.251 e. The number of benzene rings is 1. The Kier molecular flexibility index (Phi) is 4.09. The number of halogens is 1. The molecule has 21 heavy (non-hydrogen) atoms. The molecule has 2 fully saturated rings. The number of carbonyl (C=O) groups is 1. The molecule has 114 valence electrons. The van der Waals surface area contributed by atoms with E-state index in [4.69, 9.17) is 17.3 Å². The molecule has 2 atom stereocenters. The number of rotatable bonds is 3. The van der Waals surface area contributed by atoms with Gasteiger partial charge in [0.05, 0.1) is 10.7 Å². The third kappa shape index (κ3) is 3.01. The van der Waals surface area contributed by atoms with Gasteiger partial charge in [-0.1, -0.05) is 11.6 Å². The number of amides is 1. The van der Waals surface area contributed by atoms with Crippen LogP contribution in [0.15, 0.2) is 18.2 Å². The van der Waals surface area contributed by atoms with Crippen molar-refractivity contribution in [1.29, 1.82) is 0 Å². The second-order valence-corrected chi connectivity index (χ2v) is 6.74. The van der Waals surface area contributed by atoms with Crippen molar-refractivity contribution in [2.45, 2.75) is 37.8 Å². The summed E-state index contributed by atoms with van der Waals surface area (Å²) in [7, 11) is 2.23. The molecular weight excluding hydrogens is 286 g/mol. The van der Waals surface area contributed by atoms with E-state index in [0.29, 0.717) is 34.3 Å². The quantitative estimate of drug-likeness (QED) is 0.844. The van der Waals surface area contributed by atoms with Gasteiger partial charge in [-0.2, -0.15) is 0 Å². The number of nitrogens with zero attached hydrogens (tertiary/aromatic N) is 1. The van der Waals surface area contributed by atoms with Crippen LogP contribution in [0.3, 0.4) is 0 Å². The summed E-state index contributed by atoms with van der Waals surface area (Å²) in [6.07, 6.45) is 4.99. The number of hydrogen-bond donors (Lipinski definition) is 2. The number of anilines is 1. The molecule has 0 aliphatic carbocycles. The van der Waals surface area contributed by atoms with Crippen molar-refractivity contribution in [3.05, 3.63) is 28.8 Å². The molecule has 4 nitrogen and oxygen atoms in total. The van der Waals surface area contributed by atoms with Gasteiger partial charge < -0.3 is 16.0 Å². The normalized spacial score (nSPS) is 28.6. The van der Waals surface area contributed by atoms with Crippen LogP contribution in [0.2, 0.25) is 5.02 Å². The predicted octanol–water partition coefficient (Wildman–Crippen LogP) is 2.52. The number of hydrogen-bond acceptors (Lipinski definition) is 3. The highest BCUT2D eigenvalue weighted by Gasteiger charge is 2.38. The first-order chi connectivity index (χ1) is 10.0. The first-order valence-corrected chi connectivity index (χ1v) is 7.97. The van der Waals surface area contributed by atoms with Crippen molar-refractivity contribution in [3.63, 3.8) is 0 Å². The van der Waals surface area contributed by atoms with Gasteiger partial charge in [0.1, 0.15) is 0 Å². The van der Waals surface area contributed by atoms with Crippen LogP contribution in [-0.2, 0) is 0 Å². The third-order valence-electron chi connectivity index (χ3n) is 5.01. The van der Waals surface area contributed by atoms with Crippen LogP contribution in [0.4, 0.5) is 5.69 Å². The Hall–Kier alpha value is -1.26. The highest BCUT2D eigenvalue weighted by atomic mass is 35.5. The van der Waals surface area contributed by atoms with Gasteiger partial charge in [0.15, 0.2) is 0 Å². The lowest BCUT2D eigenvalue weighted by Crippen LogP contribution is -2.43. The van der Waals surface area contributed by atoms with Crippen LogP contribution < -0.4 is 11.1 Å². The average Bonchev–Trinajstić information content (AvgIpc) is 2.69. The Morgan fingerprint density at radius 1 is 1.38 bits per heavy atom. The van der Waals surface area contributed by atoms with Crippen LogP contribution >= 0.6 is 11.6 Å². The van der Waals surface area contributed by atoms with Crippen molar-refractivity contribution in [2.75, 3.05) is 19.3 Å². The molecule has 0 spiro atoms. The fourth-order valence-electron chi connectivity index (χ4n) is 3.71. The van der Waals surface area contributed by atoms with Crippen LogP contribution in [0.25, 0.3) is 0 Å². The van der Waals surface area contributed by atoms with Gasteiger partial charge in [0.25, 0.3) is 5.91 Å². The number of nitrogens with two attached hydrogens (primary N) is 1. The first kappa shape index (κ1) is 14.7. The zero-order valence-electron chi connectivity index (χ0n) is 12.3. The largest absolute Gasteiger partial charge is 0.398 e. The van der Waals surface area contributed by atoms with Crippen molar-refractivity contribution >= 4 is 23.2 Å². The molecule has 2 aliphatic rings. The number of fused-ring (bicyclic) bond motifs is 2. The maximum absolute atomic E-state index is 12.2. The summed E-state index contributed by atoms with van der Waals surface area (Å²) in [5, 5.41) is 3.53. The molecule has 1 amide bonds. The Balaban J connectivity index is 1.55. The first-order valence-electron chi connectivity index (χ1n) is 7.59. The molecule has 2 aliphatic heterocycles. The third-order valence-corrected chi connectivity index (χ3v) is 5.35. The van der Waals surface area contributed by atoms with E-state index < -0.39 is 0 Å². The van der Waals surface area contributed by atoms with Gasteiger partial charge >= 0.3 is 0 Å². The summed E-state index contributed by atoms with van der Waals surface area (Å²) >= 11 is 5.88. The zero-order valence-corrected chi connectivity index (χ0v) is 13.1. The highest BCUT2D eigenvalue weighted by Crippen LogP contribution is 2.37. The average molecular weight is 308 g/mol. The molecule has 0 radical (unpaired) electrons. The predicted molar refractivity (Wildman–Crippen MR) is 85.5 cm³/mol. The summed E-state index contributed by atoms with van der Waals surface area (Å²) in [6, 6.07) is 6.43. The molecule has 3 N–H and O–H groups in total. The Bertz CT molecular complexity index is 534. The number of carbonyl (C=O) groups excluding carboxylic acids is 1. The zero-order chi connectivity index (χ0) is 15.0. The lowest BCUT2D eigenvalue weighted by molar-refractivity contribution is 0.0917. The highest BCUT2D eigenvalue weighted by molar-refractivity contribution is 6.33. The minimum atomic E-state index is -0.0651. The summed E-state index contributed by atoms with van der Waals surface area (Å²) in [5.74, 6) is 0.525. The minimum Gasteiger partial charge on any atom is -0.398 e. The number of nitrogens with one attached hydrogen (secondary N) is 1. The fourth-order valence-corrected chi connectivity index (χ4v) is 3.83. The summed E-state index contributed by atoms with van der Waals surface area (Å²) < 4.78 is 0. The van der Waals surface area contributed by atoms with Gasteiger partial charge in [0, 0.05) is 24.2 Å². The molecule has 3 rings (SSSR count). The van der Waals surface area contributed by atoms with E-state index in [1.165, 1.54) is 25.7 Å². The molecule has 2 unspecified atom stereocenters. The van der Waals surface area contributed by atoms with Crippen LogP contribution in [0.1, 0.15) is 36.0 Å². The standard InChI is InChI=1S/C16H22ClN3O/c1-20-12-3-4-13(20)7-10(6-12)9-19-16(21)11-2-5-14(17)15(18)8-11/h2,5,8,10,12-13H,3-4,6-7,9,18H2,1H3,(H,19,21). The van der Waals surface area contributed by atoms with Crippen LogP contribution in [0, 0.1) is 5.92 Å². The summed E-state index contributed by atoms with van der Waals surface area (Å²) in [6.45, 7) is 0.752. The van der Waals surface area contributed by atoms with E-state index in [1.54, 1.807) is 18.2 Å². The van der Waals surface area contributed by atoms with E-state index in [-0.39, 0.29) is 5.91 Å². The molecule has 0 aromatic heterocycles. The summed E-state index contributed by atoms with van der Waals surface area (Å²) in [5.41, 5.74) is 6.76. The van der Waals surface area contributed by atoms with Crippen molar-refractivity contribution in [3.8, 4) is 0 Å². The SMILES string of the molecule is CN1C2CCC1CC(CNC(=O)c1ccc(Cl)c(N)c1)C2. The second-order valence-electron chi connectivity index (χ2n) is 6.33. The lowest BCUT2D eigenvalue weighted by Gasteiger charge is -2.36. The Morgan fingerprint density at radius 2 is 2.05 bits per heavy atom. The van der Waals surface area contributed by atoms with Gasteiger partial charge in [-0.3, -0.25) is 4.79 Å². The fraction of sp³-hybridized carbons (Fsp3) is 0.562. The van der Waals surface area contributed by atoms with Crippen LogP contribution in [-0.4, -0.2) is 36.5 Å². The van der Waals surface area contributed by atoms with Crippen LogP contribution in [0.5, 0.6) is 0 Å². The van der Waals surface area contributed by atoms with Gasteiger partial charge in [-0.25, -0.2) is 0 Å². The molecule has 1 aromatic carbocycles. The van der Waals surface area contributed by atoms with E-state index in [2.05, 4.69) is 17.3 Å². The molecule has 1 aromatic rings. The van der Waals surface area contributed by atoms with Gasteiger partial charge in [-0.15, -0.1) is 0 Å². The second kappa shape index (κ2) is 5.85. The lowest BCUT2D eigenvalue weighted by atomic mass is 9.91. The van der Waals surface area contributed by atoms with Gasteiger partial charge in [0.2, 0.25) is 0 Å². The molecule has 2 bridgehead atoms. The minimum absolute atomic E-state index is 0.0651. The van der Waals surface area contributed by atoms with Gasteiger partial charge in [-0.05, 0) is 56.8 Å². The number of piperidine rings is 1. The molecule has 0 saturated carbocycles. The maximum atomic E-state index is 12.2.